The number of ether oxygens (including phenoxy) is 3. The molecule has 0 aliphatic carbocycles. The number of alkyl carbamates (subject to hydrolysis) is 1. The van der Waals surface area contributed by atoms with Crippen LogP contribution in [0, 0.1) is 0 Å². The molecule has 0 atom stereocenters. The second-order valence-corrected chi connectivity index (χ2v) is 6.97. The van der Waals surface area contributed by atoms with Gasteiger partial charge in [0.2, 0.25) is 0 Å². The molecule has 25 heavy (non-hydrogen) atoms. The van der Waals surface area contributed by atoms with Gasteiger partial charge in [-0.3, -0.25) is 4.79 Å². The Morgan fingerprint density at radius 1 is 1.40 bits per heavy atom. The highest BCUT2D eigenvalue weighted by Crippen LogP contribution is 2.42. The van der Waals surface area contributed by atoms with E-state index in [0.717, 1.165) is 10.2 Å². The Kier molecular flexibility index (Phi) is 5.48. The Morgan fingerprint density at radius 2 is 2.16 bits per heavy atom. The molecule has 8 heteroatoms. The number of methoxy groups -OCH3 is 1. The first-order valence-electron chi connectivity index (χ1n) is 8.26. The van der Waals surface area contributed by atoms with Crippen LogP contribution in [0.2, 0.25) is 0 Å². The van der Waals surface area contributed by atoms with Gasteiger partial charge in [0.25, 0.3) is 5.91 Å². The highest BCUT2D eigenvalue weighted by molar-refractivity contribution is 9.10. The van der Waals surface area contributed by atoms with Gasteiger partial charge in [-0.25, -0.2) is 4.79 Å². The van der Waals surface area contributed by atoms with Crippen molar-refractivity contribution in [2.45, 2.75) is 24.9 Å². The van der Waals surface area contributed by atoms with Crippen LogP contribution >= 0.6 is 15.9 Å². The van der Waals surface area contributed by atoms with E-state index in [1.807, 2.05) is 18.2 Å². The Morgan fingerprint density at radius 3 is 2.88 bits per heavy atom. The van der Waals surface area contributed by atoms with Gasteiger partial charge in [0, 0.05) is 30.4 Å². The third kappa shape index (κ3) is 3.74. The first-order valence-corrected chi connectivity index (χ1v) is 9.05. The predicted molar refractivity (Wildman–Crippen MR) is 94.9 cm³/mol. The van der Waals surface area contributed by atoms with Crippen LogP contribution in [0.15, 0.2) is 22.7 Å². The number of nitrogens with one attached hydrogen (secondary N) is 1. The van der Waals surface area contributed by atoms with Crippen molar-refractivity contribution in [1.29, 1.82) is 0 Å². The van der Waals surface area contributed by atoms with Crippen molar-refractivity contribution in [3.8, 4) is 5.75 Å². The van der Waals surface area contributed by atoms with Crippen molar-refractivity contribution in [1.82, 2.24) is 5.32 Å². The van der Waals surface area contributed by atoms with Crippen molar-refractivity contribution >= 4 is 33.6 Å². The van der Waals surface area contributed by atoms with Crippen LogP contribution < -0.4 is 15.0 Å². The average molecular weight is 413 g/mol. The number of amides is 2. The maximum atomic E-state index is 13.2. The van der Waals surface area contributed by atoms with E-state index in [4.69, 9.17) is 9.47 Å². The molecule has 1 fully saturated rings. The highest BCUT2D eigenvalue weighted by Gasteiger charge is 2.49. The Hall–Kier alpha value is -1.80. The minimum absolute atomic E-state index is 0.0422. The summed E-state index contributed by atoms with van der Waals surface area (Å²) in [6.07, 6.45) is 1.22. The third-order valence-corrected chi connectivity index (χ3v) is 4.96. The molecular weight excluding hydrogens is 392 g/mol. The monoisotopic (exact) mass is 412 g/mol. The number of anilines is 1. The topological polar surface area (TPSA) is 77.1 Å². The van der Waals surface area contributed by atoms with E-state index >= 15 is 0 Å². The molecular formula is C17H21BrN2O5. The van der Waals surface area contributed by atoms with Gasteiger partial charge in [-0.1, -0.05) is 15.9 Å². The van der Waals surface area contributed by atoms with Crippen molar-refractivity contribution in [3.63, 3.8) is 0 Å². The van der Waals surface area contributed by atoms with Gasteiger partial charge >= 0.3 is 6.09 Å². The van der Waals surface area contributed by atoms with Gasteiger partial charge in [0.05, 0.1) is 26.0 Å². The second-order valence-electron chi connectivity index (χ2n) is 6.05. The van der Waals surface area contributed by atoms with E-state index in [2.05, 4.69) is 26.0 Å². The molecule has 2 heterocycles. The van der Waals surface area contributed by atoms with E-state index in [9.17, 15) is 9.59 Å². The minimum Gasteiger partial charge on any atom is -0.475 e. The molecule has 1 aromatic rings. The SMILES string of the molecule is COC(=O)NCCCN1C(=O)C2(CCOCC2)Oc2ccc(Br)cc21. The molecule has 2 aliphatic heterocycles. The van der Waals surface area contributed by atoms with Crippen LogP contribution in [-0.4, -0.2) is 51.0 Å². The number of halogens is 1. The van der Waals surface area contributed by atoms with Gasteiger partial charge in [-0.05, 0) is 24.6 Å². The summed E-state index contributed by atoms with van der Waals surface area (Å²) in [5.74, 6) is 0.657. The number of hydrogen-bond donors (Lipinski definition) is 1. The first-order chi connectivity index (χ1) is 12.1. The number of hydrogen-bond acceptors (Lipinski definition) is 5. The summed E-state index contributed by atoms with van der Waals surface area (Å²) in [5, 5.41) is 2.63. The normalized spacial score (nSPS) is 18.5. The first kappa shape index (κ1) is 18.0. The molecule has 1 N–H and O–H groups in total. The summed E-state index contributed by atoms with van der Waals surface area (Å²) in [6.45, 7) is 1.93. The summed E-state index contributed by atoms with van der Waals surface area (Å²) in [4.78, 5) is 26.1. The molecule has 7 nitrogen and oxygen atoms in total. The Balaban J connectivity index is 1.79. The summed E-state index contributed by atoms with van der Waals surface area (Å²) in [7, 11) is 1.32. The number of carbonyl (C=O) groups excluding carboxylic acids is 2. The zero-order valence-electron chi connectivity index (χ0n) is 14.0. The van der Waals surface area contributed by atoms with Gasteiger partial charge in [0.15, 0.2) is 5.60 Å². The summed E-state index contributed by atoms with van der Waals surface area (Å²) in [5.41, 5.74) is -0.107. The van der Waals surface area contributed by atoms with E-state index in [0.29, 0.717) is 51.3 Å². The molecule has 0 saturated carbocycles. The average Bonchev–Trinajstić information content (AvgIpc) is 2.62. The zero-order chi connectivity index (χ0) is 17.9. The smallest absolute Gasteiger partial charge is 0.406 e. The number of nitrogens with zero attached hydrogens (tertiary/aromatic N) is 1. The fourth-order valence-electron chi connectivity index (χ4n) is 3.14. The molecule has 2 aliphatic rings. The predicted octanol–water partition coefficient (Wildman–Crippen LogP) is 2.47. The summed E-state index contributed by atoms with van der Waals surface area (Å²) >= 11 is 3.45. The molecule has 0 radical (unpaired) electrons. The zero-order valence-corrected chi connectivity index (χ0v) is 15.6. The number of rotatable bonds is 4. The lowest BCUT2D eigenvalue weighted by molar-refractivity contribution is -0.144. The van der Waals surface area contributed by atoms with E-state index in [-0.39, 0.29) is 5.91 Å². The molecule has 136 valence electrons. The third-order valence-electron chi connectivity index (χ3n) is 4.47. The molecule has 0 aromatic heterocycles. The van der Waals surface area contributed by atoms with Gasteiger partial charge in [-0.2, -0.15) is 0 Å². The molecule has 0 unspecified atom stereocenters. The Labute approximate surface area is 154 Å². The van der Waals surface area contributed by atoms with Gasteiger partial charge < -0.3 is 24.4 Å². The standard InChI is InChI=1S/C17H21BrN2O5/c1-23-16(22)19-7-2-8-20-13-11-12(18)3-4-14(13)25-17(15(20)21)5-9-24-10-6-17/h3-4,11H,2,5-10H2,1H3,(H,19,22). The molecule has 0 bridgehead atoms. The lowest BCUT2D eigenvalue weighted by atomic mass is 9.90. The molecule has 1 aromatic carbocycles. The summed E-state index contributed by atoms with van der Waals surface area (Å²) in [6, 6.07) is 5.66. The molecule has 2 amide bonds. The van der Waals surface area contributed by atoms with Crippen molar-refractivity contribution in [2.75, 3.05) is 38.3 Å². The van der Waals surface area contributed by atoms with Crippen molar-refractivity contribution < 1.29 is 23.8 Å². The van der Waals surface area contributed by atoms with Crippen LogP contribution in [0.4, 0.5) is 10.5 Å². The maximum absolute atomic E-state index is 13.2. The molecule has 3 rings (SSSR count). The lowest BCUT2D eigenvalue weighted by Crippen LogP contribution is -2.58. The van der Waals surface area contributed by atoms with Crippen LogP contribution in [-0.2, 0) is 14.3 Å². The lowest BCUT2D eigenvalue weighted by Gasteiger charge is -2.44. The number of benzene rings is 1. The Bertz CT molecular complexity index is 660. The largest absolute Gasteiger partial charge is 0.475 e. The highest BCUT2D eigenvalue weighted by atomic mass is 79.9. The van der Waals surface area contributed by atoms with Gasteiger partial charge in [-0.15, -0.1) is 0 Å². The number of fused-ring (bicyclic) bond motifs is 1. The van der Waals surface area contributed by atoms with Gasteiger partial charge in [0.1, 0.15) is 5.75 Å². The quantitative estimate of drug-likeness (QED) is 0.768. The molecule has 1 saturated heterocycles. The maximum Gasteiger partial charge on any atom is 0.406 e. The fourth-order valence-corrected chi connectivity index (χ4v) is 3.49. The van der Waals surface area contributed by atoms with E-state index in [1.54, 1.807) is 4.90 Å². The van der Waals surface area contributed by atoms with Crippen LogP contribution in [0.25, 0.3) is 0 Å². The minimum atomic E-state index is -0.852. The fraction of sp³-hybridized carbons (Fsp3) is 0.529. The van der Waals surface area contributed by atoms with E-state index < -0.39 is 11.7 Å². The summed E-state index contributed by atoms with van der Waals surface area (Å²) < 4.78 is 17.0. The molecule has 1 spiro atoms. The number of carbonyl (C=O) groups is 2. The van der Waals surface area contributed by atoms with Crippen molar-refractivity contribution in [3.05, 3.63) is 22.7 Å². The van der Waals surface area contributed by atoms with E-state index in [1.165, 1.54) is 7.11 Å². The van der Waals surface area contributed by atoms with Crippen LogP contribution in [0.5, 0.6) is 5.75 Å². The van der Waals surface area contributed by atoms with Crippen LogP contribution in [0.3, 0.4) is 0 Å². The van der Waals surface area contributed by atoms with Crippen molar-refractivity contribution in [2.24, 2.45) is 0 Å². The second kappa shape index (κ2) is 7.61. The van der Waals surface area contributed by atoms with Crippen LogP contribution in [0.1, 0.15) is 19.3 Å².